The van der Waals surface area contributed by atoms with Crippen molar-refractivity contribution in [1.29, 1.82) is 0 Å². The van der Waals surface area contributed by atoms with E-state index in [1.807, 2.05) is 25.2 Å². The number of amidine groups is 1. The lowest BCUT2D eigenvalue weighted by Crippen LogP contribution is -2.32. The van der Waals surface area contributed by atoms with Crippen LogP contribution in [-0.4, -0.2) is 47.1 Å². The van der Waals surface area contributed by atoms with Crippen LogP contribution in [0.15, 0.2) is 46.7 Å². The molecule has 7 heteroatoms. The maximum Gasteiger partial charge on any atom is 0.278 e. The lowest BCUT2D eigenvalue weighted by molar-refractivity contribution is -0.384. The monoisotopic (exact) mass is 340 g/mol. The third-order valence-corrected chi connectivity index (χ3v) is 4.11. The summed E-state index contributed by atoms with van der Waals surface area (Å²) >= 11 is 0. The van der Waals surface area contributed by atoms with Gasteiger partial charge in [0.25, 0.3) is 11.6 Å². The molecule has 0 atom stereocenters. The molecule has 0 saturated carbocycles. The molecule has 2 aliphatic heterocycles. The van der Waals surface area contributed by atoms with Crippen molar-refractivity contribution in [3.8, 4) is 0 Å². The van der Waals surface area contributed by atoms with Crippen LogP contribution in [0.4, 0.5) is 5.69 Å². The van der Waals surface area contributed by atoms with Gasteiger partial charge in [0, 0.05) is 44.5 Å². The third kappa shape index (κ3) is 3.60. The molecule has 1 fully saturated rings. The van der Waals surface area contributed by atoms with Crippen LogP contribution in [0.5, 0.6) is 0 Å². The molecular formula is C18H20N4O3. The van der Waals surface area contributed by atoms with Crippen molar-refractivity contribution >= 4 is 23.5 Å². The number of non-ortho nitro benzene ring substituents is 1. The summed E-state index contributed by atoms with van der Waals surface area (Å²) in [4.78, 5) is 31.4. The summed E-state index contributed by atoms with van der Waals surface area (Å²) in [5.74, 6) is 0.556. The average molecular weight is 340 g/mol. The minimum Gasteiger partial charge on any atom is -0.383 e. The van der Waals surface area contributed by atoms with E-state index < -0.39 is 4.92 Å². The van der Waals surface area contributed by atoms with E-state index in [1.54, 1.807) is 23.1 Å². The van der Waals surface area contributed by atoms with E-state index in [0.29, 0.717) is 23.6 Å². The van der Waals surface area contributed by atoms with Crippen molar-refractivity contribution in [1.82, 2.24) is 9.80 Å². The first-order valence-corrected chi connectivity index (χ1v) is 8.20. The number of rotatable bonds is 3. The molecule has 1 amide bonds. The zero-order chi connectivity index (χ0) is 18.0. The Labute approximate surface area is 146 Å². The molecular weight excluding hydrogens is 320 g/mol. The van der Waals surface area contributed by atoms with Gasteiger partial charge in [-0.25, -0.2) is 4.99 Å². The van der Waals surface area contributed by atoms with E-state index in [9.17, 15) is 14.9 Å². The molecule has 0 unspecified atom stereocenters. The highest BCUT2D eigenvalue weighted by Crippen LogP contribution is 2.28. The molecule has 1 saturated heterocycles. The molecule has 7 nitrogen and oxygen atoms in total. The van der Waals surface area contributed by atoms with Crippen LogP contribution in [0.25, 0.3) is 6.08 Å². The fourth-order valence-electron chi connectivity index (χ4n) is 3.02. The van der Waals surface area contributed by atoms with E-state index in [4.69, 9.17) is 0 Å². The molecule has 130 valence electrons. The number of hydrogen-bond acceptors (Lipinski definition) is 5. The molecule has 0 N–H and O–H groups in total. The third-order valence-electron chi connectivity index (χ3n) is 4.11. The predicted molar refractivity (Wildman–Crippen MR) is 95.8 cm³/mol. The number of aliphatic imine (C=N–C) groups is 1. The topological polar surface area (TPSA) is 79.0 Å². The van der Waals surface area contributed by atoms with Gasteiger partial charge in [-0.2, -0.15) is 0 Å². The van der Waals surface area contributed by atoms with Crippen LogP contribution in [0.3, 0.4) is 0 Å². The number of nitrogens with zero attached hydrogens (tertiary/aromatic N) is 4. The Hall–Kier alpha value is -2.96. The van der Waals surface area contributed by atoms with Crippen LogP contribution in [0.1, 0.15) is 24.8 Å². The lowest BCUT2D eigenvalue weighted by Gasteiger charge is -2.17. The molecule has 0 radical (unpaired) electrons. The van der Waals surface area contributed by atoms with Gasteiger partial charge in [0.05, 0.1) is 4.92 Å². The standard InChI is InChI=1S/C18H20N4O3/c1-20(2)12-14-7-3-4-9-21-17(14)19-16(18(21)23)11-13-6-5-8-15(10-13)22(24)25/h5-6,8,10-12H,3-4,7,9H2,1-2H3. The van der Waals surface area contributed by atoms with Gasteiger partial charge in [-0.1, -0.05) is 12.1 Å². The maximum absolute atomic E-state index is 12.7. The van der Waals surface area contributed by atoms with Crippen LogP contribution in [-0.2, 0) is 4.79 Å². The number of carbonyl (C=O) groups excluding carboxylic acids is 1. The number of hydrogen-bond donors (Lipinski definition) is 0. The van der Waals surface area contributed by atoms with Crippen molar-refractivity contribution in [3.63, 3.8) is 0 Å². The quantitative estimate of drug-likeness (QED) is 0.481. The summed E-state index contributed by atoms with van der Waals surface area (Å²) in [6.07, 6.45) is 6.45. The largest absolute Gasteiger partial charge is 0.383 e. The van der Waals surface area contributed by atoms with E-state index in [-0.39, 0.29) is 11.6 Å². The summed E-state index contributed by atoms with van der Waals surface area (Å²) in [7, 11) is 3.89. The second kappa shape index (κ2) is 6.88. The Morgan fingerprint density at radius 1 is 1.32 bits per heavy atom. The number of amides is 1. The van der Waals surface area contributed by atoms with Gasteiger partial charge in [-0.15, -0.1) is 0 Å². The van der Waals surface area contributed by atoms with Crippen molar-refractivity contribution < 1.29 is 9.72 Å². The Morgan fingerprint density at radius 2 is 2.12 bits per heavy atom. The van der Waals surface area contributed by atoms with E-state index >= 15 is 0 Å². The molecule has 1 aromatic carbocycles. The Kier molecular flexibility index (Phi) is 4.65. The number of nitro groups is 1. The first-order chi connectivity index (χ1) is 12.0. The number of benzene rings is 1. The van der Waals surface area contributed by atoms with Crippen LogP contribution < -0.4 is 0 Å². The Bertz CT molecular complexity index is 808. The first-order valence-electron chi connectivity index (χ1n) is 8.20. The summed E-state index contributed by atoms with van der Waals surface area (Å²) < 4.78 is 0. The molecule has 2 aliphatic rings. The van der Waals surface area contributed by atoms with Crippen LogP contribution in [0.2, 0.25) is 0 Å². The van der Waals surface area contributed by atoms with Gasteiger partial charge in [-0.3, -0.25) is 19.8 Å². The van der Waals surface area contributed by atoms with Crippen molar-refractivity contribution in [3.05, 3.63) is 57.4 Å². The highest BCUT2D eigenvalue weighted by molar-refractivity contribution is 6.19. The van der Waals surface area contributed by atoms with Gasteiger partial charge in [0.1, 0.15) is 11.5 Å². The minimum absolute atomic E-state index is 0.00448. The summed E-state index contributed by atoms with van der Waals surface area (Å²) in [5.41, 5.74) is 1.95. The first kappa shape index (κ1) is 16.9. The van der Waals surface area contributed by atoms with E-state index in [1.165, 1.54) is 12.1 Å². The van der Waals surface area contributed by atoms with E-state index in [2.05, 4.69) is 4.99 Å². The second-order valence-electron chi connectivity index (χ2n) is 6.35. The summed E-state index contributed by atoms with van der Waals surface area (Å²) in [6.45, 7) is 0.648. The van der Waals surface area contributed by atoms with E-state index in [0.717, 1.165) is 24.8 Å². The van der Waals surface area contributed by atoms with Gasteiger partial charge < -0.3 is 4.90 Å². The molecule has 0 bridgehead atoms. The van der Waals surface area contributed by atoms with Crippen LogP contribution in [0, 0.1) is 10.1 Å². The number of carbonyl (C=O) groups is 1. The number of nitro benzene ring substituents is 1. The smallest absolute Gasteiger partial charge is 0.278 e. The van der Waals surface area contributed by atoms with Crippen molar-refractivity contribution in [2.24, 2.45) is 4.99 Å². The SMILES string of the molecule is CN(C)C=C1CCCCN2C(=O)C(=Cc3cccc([N+](=O)[O-])c3)N=C12. The van der Waals surface area contributed by atoms with Gasteiger partial charge in [0.2, 0.25) is 0 Å². The molecule has 0 aliphatic carbocycles. The minimum atomic E-state index is -0.449. The maximum atomic E-state index is 12.7. The normalized spacial score (nSPS) is 20.5. The Morgan fingerprint density at radius 3 is 2.84 bits per heavy atom. The fraction of sp³-hybridized carbons (Fsp3) is 0.333. The summed E-state index contributed by atoms with van der Waals surface area (Å²) in [5, 5.41) is 10.9. The van der Waals surface area contributed by atoms with Crippen molar-refractivity contribution in [2.75, 3.05) is 20.6 Å². The Balaban J connectivity index is 1.99. The molecule has 0 aromatic heterocycles. The molecule has 3 rings (SSSR count). The average Bonchev–Trinajstić information content (AvgIpc) is 2.74. The zero-order valence-corrected chi connectivity index (χ0v) is 14.3. The fourth-order valence-corrected chi connectivity index (χ4v) is 3.02. The summed E-state index contributed by atoms with van der Waals surface area (Å²) in [6, 6.07) is 6.21. The van der Waals surface area contributed by atoms with Crippen LogP contribution >= 0.6 is 0 Å². The molecule has 1 aromatic rings. The van der Waals surface area contributed by atoms with Crippen molar-refractivity contribution in [2.45, 2.75) is 19.3 Å². The van der Waals surface area contributed by atoms with Gasteiger partial charge in [0.15, 0.2) is 0 Å². The highest BCUT2D eigenvalue weighted by Gasteiger charge is 2.33. The number of fused-ring (bicyclic) bond motifs is 1. The highest BCUT2D eigenvalue weighted by atomic mass is 16.6. The molecule has 2 heterocycles. The van der Waals surface area contributed by atoms with Gasteiger partial charge >= 0.3 is 0 Å². The van der Waals surface area contributed by atoms with Gasteiger partial charge in [-0.05, 0) is 30.9 Å². The molecule has 25 heavy (non-hydrogen) atoms. The predicted octanol–water partition coefficient (Wildman–Crippen LogP) is 2.81. The second-order valence-corrected chi connectivity index (χ2v) is 6.35. The molecule has 0 spiro atoms. The lowest BCUT2D eigenvalue weighted by atomic mass is 10.1. The zero-order valence-electron chi connectivity index (χ0n) is 14.3.